The maximum atomic E-state index is 12.9. The predicted molar refractivity (Wildman–Crippen MR) is 96.4 cm³/mol. The Morgan fingerprint density at radius 1 is 1.18 bits per heavy atom. The van der Waals surface area contributed by atoms with Crippen molar-refractivity contribution in [1.82, 2.24) is 9.80 Å². The second-order valence-corrected chi connectivity index (χ2v) is 8.91. The first kappa shape index (κ1) is 16.6. The van der Waals surface area contributed by atoms with Crippen molar-refractivity contribution in [2.75, 3.05) is 37.7 Å². The van der Waals surface area contributed by atoms with Crippen LogP contribution in [0.2, 0.25) is 4.34 Å². The van der Waals surface area contributed by atoms with Crippen LogP contribution in [0.4, 0.5) is 0 Å². The number of likely N-dealkylation sites (tertiary alicyclic amines) is 1. The third kappa shape index (κ3) is 4.19. The van der Waals surface area contributed by atoms with E-state index in [1.807, 2.05) is 23.9 Å². The molecule has 0 N–H and O–H groups in total. The molecule has 3 rings (SSSR count). The van der Waals surface area contributed by atoms with Crippen LogP contribution in [0.3, 0.4) is 0 Å². The van der Waals surface area contributed by atoms with Crippen LogP contribution in [-0.4, -0.2) is 59.4 Å². The lowest BCUT2D eigenvalue weighted by molar-refractivity contribution is 0.0650. The van der Waals surface area contributed by atoms with Gasteiger partial charge in [0.15, 0.2) is 0 Å². The summed E-state index contributed by atoms with van der Waals surface area (Å²) in [6.07, 6.45) is 5.04. The summed E-state index contributed by atoms with van der Waals surface area (Å²) in [5.41, 5.74) is 0. The van der Waals surface area contributed by atoms with Crippen LogP contribution < -0.4 is 0 Å². The van der Waals surface area contributed by atoms with Gasteiger partial charge in [-0.2, -0.15) is 11.8 Å². The first-order chi connectivity index (χ1) is 10.7. The molecular weight excluding hydrogens is 336 g/mol. The molecule has 0 spiro atoms. The van der Waals surface area contributed by atoms with Gasteiger partial charge in [0, 0.05) is 18.8 Å². The molecule has 2 fully saturated rings. The number of piperidine rings is 1. The number of carbonyl (C=O) groups is 1. The molecule has 0 radical (unpaired) electrons. The zero-order chi connectivity index (χ0) is 15.4. The molecule has 0 saturated carbocycles. The molecule has 0 bridgehead atoms. The zero-order valence-electron chi connectivity index (χ0n) is 12.8. The lowest BCUT2D eigenvalue weighted by Gasteiger charge is -2.35. The number of thiophene rings is 1. The number of nitrogens with zero attached hydrogens (tertiary/aromatic N) is 2. The summed E-state index contributed by atoms with van der Waals surface area (Å²) < 4.78 is 0.695. The van der Waals surface area contributed by atoms with Gasteiger partial charge in [-0.15, -0.1) is 11.3 Å². The normalized spacial score (nSPS) is 24.2. The van der Waals surface area contributed by atoms with Crippen LogP contribution >= 0.6 is 34.7 Å². The summed E-state index contributed by atoms with van der Waals surface area (Å²) in [5, 5.41) is 0. The molecule has 3 heterocycles. The fourth-order valence-electron chi connectivity index (χ4n) is 3.26. The maximum Gasteiger partial charge on any atom is 0.264 e. The van der Waals surface area contributed by atoms with Crippen LogP contribution in [0.5, 0.6) is 0 Å². The van der Waals surface area contributed by atoms with Gasteiger partial charge in [-0.05, 0) is 50.2 Å². The SMILES string of the molecule is O=C(c1ccc(Cl)s1)N1CCCSCC1CN1CCCCC1. The quantitative estimate of drug-likeness (QED) is 0.820. The molecule has 1 unspecified atom stereocenters. The molecule has 1 amide bonds. The zero-order valence-corrected chi connectivity index (χ0v) is 15.2. The summed E-state index contributed by atoms with van der Waals surface area (Å²) in [6.45, 7) is 4.28. The fraction of sp³-hybridized carbons (Fsp3) is 0.688. The molecule has 1 aromatic heterocycles. The molecule has 122 valence electrons. The molecule has 2 saturated heterocycles. The first-order valence-electron chi connectivity index (χ1n) is 8.10. The van der Waals surface area contributed by atoms with E-state index in [0.717, 1.165) is 35.9 Å². The Kier molecular flexibility index (Phi) is 6.08. The lowest BCUT2D eigenvalue weighted by Crippen LogP contribution is -2.49. The van der Waals surface area contributed by atoms with Crippen LogP contribution in [0, 0.1) is 0 Å². The van der Waals surface area contributed by atoms with E-state index >= 15 is 0 Å². The number of hydrogen-bond donors (Lipinski definition) is 0. The second kappa shape index (κ2) is 8.04. The summed E-state index contributed by atoms with van der Waals surface area (Å²) in [6, 6.07) is 4.02. The van der Waals surface area contributed by atoms with E-state index in [1.165, 1.54) is 43.7 Å². The number of halogens is 1. The van der Waals surface area contributed by atoms with Gasteiger partial charge in [-0.3, -0.25) is 4.79 Å². The maximum absolute atomic E-state index is 12.9. The Balaban J connectivity index is 1.70. The Hall–Kier alpha value is -0.230. The standard InChI is InChI=1S/C16H23ClN2OS2/c17-15-6-5-14(22-15)16(20)19-9-4-10-21-12-13(19)11-18-7-2-1-3-8-18/h5-6,13H,1-4,7-12H2. The Morgan fingerprint density at radius 2 is 2.00 bits per heavy atom. The van der Waals surface area contributed by atoms with Gasteiger partial charge in [-0.1, -0.05) is 18.0 Å². The summed E-state index contributed by atoms with van der Waals surface area (Å²) in [5.74, 6) is 2.38. The minimum absolute atomic E-state index is 0.168. The number of amides is 1. The summed E-state index contributed by atoms with van der Waals surface area (Å²) in [7, 11) is 0. The van der Waals surface area contributed by atoms with E-state index in [4.69, 9.17) is 11.6 Å². The van der Waals surface area contributed by atoms with Crippen molar-refractivity contribution in [2.45, 2.75) is 31.7 Å². The number of thioether (sulfide) groups is 1. The molecule has 3 nitrogen and oxygen atoms in total. The third-order valence-electron chi connectivity index (χ3n) is 4.40. The second-order valence-electron chi connectivity index (χ2n) is 6.05. The van der Waals surface area contributed by atoms with E-state index in [2.05, 4.69) is 9.80 Å². The van der Waals surface area contributed by atoms with Crippen molar-refractivity contribution < 1.29 is 4.79 Å². The predicted octanol–water partition coefficient (Wildman–Crippen LogP) is 3.84. The van der Waals surface area contributed by atoms with Crippen molar-refractivity contribution in [3.63, 3.8) is 0 Å². The Morgan fingerprint density at radius 3 is 2.73 bits per heavy atom. The van der Waals surface area contributed by atoms with Gasteiger partial charge in [0.2, 0.25) is 0 Å². The third-order valence-corrected chi connectivity index (χ3v) is 6.82. The van der Waals surface area contributed by atoms with E-state index in [1.54, 1.807) is 0 Å². The van der Waals surface area contributed by atoms with Crippen LogP contribution in [0.25, 0.3) is 0 Å². The van der Waals surface area contributed by atoms with E-state index in [-0.39, 0.29) is 5.91 Å². The van der Waals surface area contributed by atoms with Crippen molar-refractivity contribution in [1.29, 1.82) is 0 Å². The average molecular weight is 359 g/mol. The topological polar surface area (TPSA) is 23.6 Å². The minimum Gasteiger partial charge on any atom is -0.333 e. The van der Waals surface area contributed by atoms with E-state index in [9.17, 15) is 4.79 Å². The number of hydrogen-bond acceptors (Lipinski definition) is 4. The average Bonchev–Trinajstić information content (AvgIpc) is 2.84. The molecule has 0 aliphatic carbocycles. The highest BCUT2D eigenvalue weighted by atomic mass is 35.5. The first-order valence-corrected chi connectivity index (χ1v) is 10.5. The van der Waals surface area contributed by atoms with E-state index in [0.29, 0.717) is 10.4 Å². The van der Waals surface area contributed by atoms with Crippen LogP contribution in [0.1, 0.15) is 35.4 Å². The molecule has 2 aliphatic heterocycles. The van der Waals surface area contributed by atoms with Gasteiger partial charge in [0.05, 0.1) is 15.3 Å². The van der Waals surface area contributed by atoms with Gasteiger partial charge in [0.25, 0.3) is 5.91 Å². The van der Waals surface area contributed by atoms with Crippen molar-refractivity contribution in [3.8, 4) is 0 Å². The lowest BCUT2D eigenvalue weighted by atomic mass is 10.1. The highest BCUT2D eigenvalue weighted by Crippen LogP contribution is 2.26. The Labute approximate surface area is 146 Å². The van der Waals surface area contributed by atoms with Gasteiger partial charge in [0.1, 0.15) is 0 Å². The molecule has 1 aromatic rings. The molecule has 22 heavy (non-hydrogen) atoms. The van der Waals surface area contributed by atoms with Crippen LogP contribution in [0.15, 0.2) is 12.1 Å². The van der Waals surface area contributed by atoms with Crippen LogP contribution in [-0.2, 0) is 0 Å². The summed E-state index contributed by atoms with van der Waals surface area (Å²) in [4.78, 5) is 18.3. The molecule has 2 aliphatic rings. The number of rotatable bonds is 3. The smallest absolute Gasteiger partial charge is 0.264 e. The van der Waals surface area contributed by atoms with Crippen molar-refractivity contribution in [3.05, 3.63) is 21.3 Å². The molecular formula is C16H23ClN2OS2. The van der Waals surface area contributed by atoms with Gasteiger partial charge in [-0.25, -0.2) is 0 Å². The summed E-state index contributed by atoms with van der Waals surface area (Å²) >= 11 is 9.39. The van der Waals surface area contributed by atoms with Crippen molar-refractivity contribution >= 4 is 40.6 Å². The highest BCUT2D eigenvalue weighted by Gasteiger charge is 2.29. The minimum atomic E-state index is 0.168. The van der Waals surface area contributed by atoms with E-state index < -0.39 is 0 Å². The van der Waals surface area contributed by atoms with Crippen molar-refractivity contribution in [2.24, 2.45) is 0 Å². The molecule has 0 aromatic carbocycles. The number of carbonyl (C=O) groups excluding carboxylic acids is 1. The fourth-order valence-corrected chi connectivity index (χ4v) is 5.31. The highest BCUT2D eigenvalue weighted by molar-refractivity contribution is 7.99. The van der Waals surface area contributed by atoms with Gasteiger partial charge >= 0.3 is 0 Å². The molecule has 1 atom stereocenters. The molecule has 6 heteroatoms. The van der Waals surface area contributed by atoms with Gasteiger partial charge < -0.3 is 9.80 Å². The monoisotopic (exact) mass is 358 g/mol. The Bertz CT molecular complexity index is 502. The largest absolute Gasteiger partial charge is 0.333 e.